The average Bonchev–Trinajstić information content (AvgIpc) is 3.22. The van der Waals surface area contributed by atoms with Crippen molar-refractivity contribution in [3.05, 3.63) is 98.0 Å². The number of hydrogen-bond acceptors (Lipinski definition) is 3. The predicted octanol–water partition coefficient (Wildman–Crippen LogP) is 7.93. The number of halogens is 4. The molecule has 2 aliphatic rings. The Morgan fingerprint density at radius 1 is 0.848 bits per heavy atom. The topological polar surface area (TPSA) is 58.2 Å². The minimum atomic E-state index is -3.84. The Balaban J connectivity index is 1.50. The minimum Gasteiger partial charge on any atom is -0.378 e. The molecule has 33 heavy (non-hydrogen) atoms. The molecular formula is C24H18Cl4N2O2S. The SMILES string of the molecule is O=S(=O)(Nc1cc(Cl)cc(Cl)c1)c1ccc2c(c1)[C@H]1C=CC[C@H]1[C@@H](c1ccc(Cl)cc1Cl)N2. The summed E-state index contributed by atoms with van der Waals surface area (Å²) >= 11 is 24.6. The summed E-state index contributed by atoms with van der Waals surface area (Å²) in [6.07, 6.45) is 5.13. The van der Waals surface area contributed by atoms with Gasteiger partial charge in [0.2, 0.25) is 0 Å². The van der Waals surface area contributed by atoms with E-state index in [9.17, 15) is 8.42 Å². The number of nitrogens with one attached hydrogen (secondary N) is 2. The van der Waals surface area contributed by atoms with Crippen LogP contribution in [0.4, 0.5) is 11.4 Å². The third kappa shape index (κ3) is 4.45. The number of fused-ring (bicyclic) bond motifs is 3. The van der Waals surface area contributed by atoms with Crippen LogP contribution in [-0.2, 0) is 10.0 Å². The molecule has 0 radical (unpaired) electrons. The van der Waals surface area contributed by atoms with Crippen LogP contribution in [0.25, 0.3) is 0 Å². The number of sulfonamides is 1. The zero-order valence-corrected chi connectivity index (χ0v) is 20.9. The maximum atomic E-state index is 13.1. The summed E-state index contributed by atoms with van der Waals surface area (Å²) in [5.41, 5.74) is 3.09. The summed E-state index contributed by atoms with van der Waals surface area (Å²) in [5, 5.41) is 5.46. The van der Waals surface area contributed by atoms with E-state index in [1.807, 2.05) is 12.1 Å². The molecule has 2 N–H and O–H groups in total. The van der Waals surface area contributed by atoms with Crippen molar-refractivity contribution in [2.24, 2.45) is 5.92 Å². The van der Waals surface area contributed by atoms with Crippen molar-refractivity contribution in [2.45, 2.75) is 23.3 Å². The van der Waals surface area contributed by atoms with Crippen LogP contribution >= 0.6 is 46.4 Å². The van der Waals surface area contributed by atoms with Crippen LogP contribution in [0.2, 0.25) is 20.1 Å². The van der Waals surface area contributed by atoms with Gasteiger partial charge in [-0.05, 0) is 72.0 Å². The van der Waals surface area contributed by atoms with Crippen molar-refractivity contribution >= 4 is 67.8 Å². The maximum Gasteiger partial charge on any atom is 0.261 e. The largest absolute Gasteiger partial charge is 0.378 e. The molecule has 0 unspecified atom stereocenters. The molecule has 0 saturated heterocycles. The lowest BCUT2D eigenvalue weighted by atomic mass is 9.77. The Kier molecular flexibility index (Phi) is 6.04. The highest BCUT2D eigenvalue weighted by atomic mass is 35.5. The summed E-state index contributed by atoms with van der Waals surface area (Å²) in [5.74, 6) is 0.266. The average molecular weight is 540 g/mol. The molecular weight excluding hydrogens is 522 g/mol. The molecule has 1 heterocycles. The van der Waals surface area contributed by atoms with Crippen molar-refractivity contribution in [3.8, 4) is 0 Å². The van der Waals surface area contributed by atoms with Gasteiger partial charge < -0.3 is 5.32 Å². The highest BCUT2D eigenvalue weighted by Crippen LogP contribution is 2.51. The predicted molar refractivity (Wildman–Crippen MR) is 137 cm³/mol. The molecule has 170 valence electrons. The second-order valence-corrected chi connectivity index (χ2v) is 11.6. The molecule has 0 amide bonds. The van der Waals surface area contributed by atoms with Crippen LogP contribution in [0, 0.1) is 5.92 Å². The van der Waals surface area contributed by atoms with Crippen molar-refractivity contribution in [1.29, 1.82) is 0 Å². The fourth-order valence-electron chi connectivity index (χ4n) is 4.63. The van der Waals surface area contributed by atoms with E-state index in [1.165, 1.54) is 12.1 Å². The van der Waals surface area contributed by atoms with Gasteiger partial charge >= 0.3 is 0 Å². The molecule has 4 nitrogen and oxygen atoms in total. The standard InChI is InChI=1S/C24H18Cl4N2O2S/c25-13-4-6-20(22(28)11-13)24-19-3-1-2-18(19)21-12-17(5-7-23(21)29-24)33(31,32)30-16-9-14(26)8-15(27)10-16/h1-2,4-12,18-19,24,29-30H,3H2/t18-,19+,24-/m0/s1. The van der Waals surface area contributed by atoms with Gasteiger partial charge in [0, 0.05) is 31.7 Å². The van der Waals surface area contributed by atoms with Gasteiger partial charge in [0.25, 0.3) is 10.0 Å². The van der Waals surface area contributed by atoms with Gasteiger partial charge in [-0.25, -0.2) is 8.42 Å². The Morgan fingerprint density at radius 3 is 2.33 bits per heavy atom. The van der Waals surface area contributed by atoms with Gasteiger partial charge in [-0.2, -0.15) is 0 Å². The van der Waals surface area contributed by atoms with Gasteiger partial charge in [0.1, 0.15) is 0 Å². The Morgan fingerprint density at radius 2 is 1.61 bits per heavy atom. The Bertz CT molecular complexity index is 1370. The zero-order chi connectivity index (χ0) is 23.3. The fourth-order valence-corrected chi connectivity index (χ4v) is 6.76. The van der Waals surface area contributed by atoms with Gasteiger partial charge in [-0.15, -0.1) is 0 Å². The molecule has 0 fully saturated rings. The van der Waals surface area contributed by atoms with E-state index in [-0.39, 0.29) is 22.8 Å². The zero-order valence-electron chi connectivity index (χ0n) is 17.0. The van der Waals surface area contributed by atoms with Gasteiger partial charge in [-0.3, -0.25) is 4.72 Å². The first kappa shape index (κ1) is 22.9. The van der Waals surface area contributed by atoms with Crippen LogP contribution in [0.1, 0.15) is 29.5 Å². The second-order valence-electron chi connectivity index (χ2n) is 8.15. The number of allylic oxidation sites excluding steroid dienone is 2. The number of rotatable bonds is 4. The van der Waals surface area contributed by atoms with Crippen molar-refractivity contribution in [2.75, 3.05) is 10.0 Å². The van der Waals surface area contributed by atoms with E-state index in [4.69, 9.17) is 46.4 Å². The molecule has 0 bridgehead atoms. The first-order chi connectivity index (χ1) is 15.7. The lowest BCUT2D eigenvalue weighted by molar-refractivity contribution is 0.425. The Hall–Kier alpha value is -1.89. The highest BCUT2D eigenvalue weighted by molar-refractivity contribution is 7.92. The number of hydrogen-bond donors (Lipinski definition) is 2. The molecule has 3 atom stereocenters. The van der Waals surface area contributed by atoms with E-state index in [2.05, 4.69) is 22.2 Å². The third-order valence-corrected chi connectivity index (χ3v) is 8.43. The van der Waals surface area contributed by atoms with Crippen LogP contribution in [-0.4, -0.2) is 8.42 Å². The maximum absolute atomic E-state index is 13.1. The third-order valence-electron chi connectivity index (χ3n) is 6.06. The highest BCUT2D eigenvalue weighted by Gasteiger charge is 2.39. The first-order valence-electron chi connectivity index (χ1n) is 10.2. The van der Waals surface area contributed by atoms with Crippen LogP contribution in [0.5, 0.6) is 0 Å². The van der Waals surface area contributed by atoms with Crippen LogP contribution in [0.15, 0.2) is 71.6 Å². The Labute approximate surface area is 212 Å². The minimum absolute atomic E-state index is 0.0172. The molecule has 1 aliphatic carbocycles. The molecule has 0 aromatic heterocycles. The van der Waals surface area contributed by atoms with Gasteiger partial charge in [-0.1, -0.05) is 64.6 Å². The molecule has 3 aromatic rings. The van der Waals surface area contributed by atoms with E-state index in [1.54, 1.807) is 30.3 Å². The molecule has 3 aromatic carbocycles. The quantitative estimate of drug-likeness (QED) is 0.331. The molecule has 0 saturated carbocycles. The summed E-state index contributed by atoms with van der Waals surface area (Å²) in [4.78, 5) is 0.168. The summed E-state index contributed by atoms with van der Waals surface area (Å²) < 4.78 is 28.8. The molecule has 9 heteroatoms. The normalized spacial score (nSPS) is 21.3. The smallest absolute Gasteiger partial charge is 0.261 e. The van der Waals surface area contributed by atoms with Crippen LogP contribution < -0.4 is 10.0 Å². The van der Waals surface area contributed by atoms with E-state index in [0.717, 1.165) is 23.2 Å². The summed E-state index contributed by atoms with van der Waals surface area (Å²) in [6, 6.07) is 15.2. The van der Waals surface area contributed by atoms with E-state index in [0.29, 0.717) is 25.8 Å². The van der Waals surface area contributed by atoms with Crippen LogP contribution in [0.3, 0.4) is 0 Å². The second kappa shape index (κ2) is 8.71. The lowest BCUT2D eigenvalue weighted by Crippen LogP contribution is -2.29. The van der Waals surface area contributed by atoms with Gasteiger partial charge in [0.05, 0.1) is 16.6 Å². The first-order valence-corrected chi connectivity index (χ1v) is 13.2. The van der Waals surface area contributed by atoms with E-state index >= 15 is 0 Å². The lowest BCUT2D eigenvalue weighted by Gasteiger charge is -2.38. The van der Waals surface area contributed by atoms with Crippen molar-refractivity contribution in [3.63, 3.8) is 0 Å². The van der Waals surface area contributed by atoms with Crippen molar-refractivity contribution < 1.29 is 8.42 Å². The number of benzene rings is 3. The molecule has 0 spiro atoms. The molecule has 5 rings (SSSR count). The molecule has 1 aliphatic heterocycles. The monoisotopic (exact) mass is 538 g/mol. The van der Waals surface area contributed by atoms with Crippen molar-refractivity contribution in [1.82, 2.24) is 0 Å². The van der Waals surface area contributed by atoms with E-state index < -0.39 is 10.0 Å². The van der Waals surface area contributed by atoms with Gasteiger partial charge in [0.15, 0.2) is 0 Å². The summed E-state index contributed by atoms with van der Waals surface area (Å²) in [7, 11) is -3.84. The fraction of sp³-hybridized carbons (Fsp3) is 0.167. The summed E-state index contributed by atoms with van der Waals surface area (Å²) in [6.45, 7) is 0. The number of anilines is 2.